The van der Waals surface area contributed by atoms with E-state index in [1.165, 1.54) is 5.56 Å². The molecule has 2 heteroatoms. The lowest BCUT2D eigenvalue weighted by molar-refractivity contribution is 0.288. The number of nitrogens with two attached hydrogens (primary N) is 1. The number of aliphatic hydroxyl groups excluding tert-OH is 1. The topological polar surface area (TPSA) is 46.2 Å². The number of anilines is 1. The molecule has 0 bridgehead atoms. The van der Waals surface area contributed by atoms with Crippen molar-refractivity contribution in [2.75, 3.05) is 12.3 Å². The van der Waals surface area contributed by atoms with Gasteiger partial charge in [0.15, 0.2) is 0 Å². The van der Waals surface area contributed by atoms with E-state index in [-0.39, 0.29) is 6.61 Å². The van der Waals surface area contributed by atoms with Gasteiger partial charge in [0.05, 0.1) is 0 Å². The van der Waals surface area contributed by atoms with Crippen molar-refractivity contribution >= 4 is 5.69 Å². The fourth-order valence-corrected chi connectivity index (χ4v) is 0.967. The maximum Gasteiger partial charge on any atom is 0.0434 e. The summed E-state index contributed by atoms with van der Waals surface area (Å²) < 4.78 is 0. The van der Waals surface area contributed by atoms with E-state index >= 15 is 0 Å². The predicted molar refractivity (Wildman–Crippen MR) is 57.6 cm³/mol. The van der Waals surface area contributed by atoms with Crippen LogP contribution in [0.15, 0.2) is 24.3 Å². The smallest absolute Gasteiger partial charge is 0.0434 e. The quantitative estimate of drug-likeness (QED) is 0.702. The van der Waals surface area contributed by atoms with Crippen LogP contribution >= 0.6 is 0 Å². The molecule has 0 aromatic heterocycles. The molecule has 74 valence electrons. The molecule has 13 heavy (non-hydrogen) atoms. The van der Waals surface area contributed by atoms with E-state index in [9.17, 15) is 0 Å². The monoisotopic (exact) mass is 181 g/mol. The van der Waals surface area contributed by atoms with E-state index in [0.717, 1.165) is 18.5 Å². The average molecular weight is 181 g/mol. The highest BCUT2D eigenvalue weighted by Crippen LogP contribution is 2.06. The lowest BCUT2D eigenvalue weighted by Gasteiger charge is -1.98. The van der Waals surface area contributed by atoms with Crippen LogP contribution in [0.3, 0.4) is 0 Å². The molecule has 0 fully saturated rings. The Labute approximate surface area is 80.4 Å². The van der Waals surface area contributed by atoms with Crippen LogP contribution in [0, 0.1) is 0 Å². The highest BCUT2D eigenvalue weighted by atomic mass is 16.2. The second-order valence-electron chi connectivity index (χ2n) is 2.57. The summed E-state index contributed by atoms with van der Waals surface area (Å²) in [5.74, 6) is 0. The predicted octanol–water partition coefficient (Wildman–Crippen LogP) is 2.22. The van der Waals surface area contributed by atoms with Crippen molar-refractivity contribution in [3.05, 3.63) is 29.8 Å². The second-order valence-corrected chi connectivity index (χ2v) is 2.57. The summed E-state index contributed by atoms with van der Waals surface area (Å²) in [6.45, 7) is 4.25. The van der Waals surface area contributed by atoms with Gasteiger partial charge in [-0.05, 0) is 30.5 Å². The summed E-state index contributed by atoms with van der Waals surface area (Å²) in [6, 6.07) is 7.75. The largest absolute Gasteiger partial charge is 0.399 e. The normalized spacial score (nSPS) is 8.85. The average Bonchev–Trinajstić information content (AvgIpc) is 2.20. The van der Waals surface area contributed by atoms with Gasteiger partial charge in [0.1, 0.15) is 0 Å². The van der Waals surface area contributed by atoms with Crippen molar-refractivity contribution in [2.24, 2.45) is 0 Å². The van der Waals surface area contributed by atoms with Gasteiger partial charge < -0.3 is 10.8 Å². The van der Waals surface area contributed by atoms with Gasteiger partial charge in [0, 0.05) is 12.3 Å². The molecule has 0 heterocycles. The number of rotatable bonds is 3. The van der Waals surface area contributed by atoms with E-state index < -0.39 is 0 Å². The van der Waals surface area contributed by atoms with Crippen molar-refractivity contribution in [2.45, 2.75) is 26.7 Å². The van der Waals surface area contributed by atoms with Gasteiger partial charge in [0.25, 0.3) is 0 Å². The lowest BCUT2D eigenvalue weighted by atomic mass is 10.1. The summed E-state index contributed by atoms with van der Waals surface area (Å²) in [5, 5.41) is 8.56. The first-order chi connectivity index (χ1) is 6.33. The fourth-order valence-electron chi connectivity index (χ4n) is 0.967. The summed E-state index contributed by atoms with van der Waals surface area (Å²) in [4.78, 5) is 0. The highest BCUT2D eigenvalue weighted by molar-refractivity contribution is 5.39. The van der Waals surface area contributed by atoms with Crippen LogP contribution < -0.4 is 5.73 Å². The molecule has 0 aliphatic rings. The molecule has 0 amide bonds. The van der Waals surface area contributed by atoms with Crippen molar-refractivity contribution in [1.29, 1.82) is 0 Å². The Kier molecular flexibility index (Phi) is 7.02. The molecular weight excluding hydrogens is 162 g/mol. The molecule has 0 atom stereocenters. The Bertz CT molecular complexity index is 206. The van der Waals surface area contributed by atoms with Crippen molar-refractivity contribution in [3.63, 3.8) is 0 Å². The molecule has 0 spiro atoms. The van der Waals surface area contributed by atoms with Gasteiger partial charge in [0.2, 0.25) is 0 Å². The first-order valence-electron chi connectivity index (χ1n) is 4.78. The summed E-state index contributed by atoms with van der Waals surface area (Å²) in [6.07, 6.45) is 1.75. The SMILES string of the molecule is CC.Nc1ccc(CCCO)cc1. The second kappa shape index (κ2) is 7.62. The van der Waals surface area contributed by atoms with E-state index in [1.807, 2.05) is 38.1 Å². The molecule has 1 aromatic carbocycles. The van der Waals surface area contributed by atoms with Crippen LogP contribution in [0.25, 0.3) is 0 Å². The first-order valence-corrected chi connectivity index (χ1v) is 4.78. The minimum Gasteiger partial charge on any atom is -0.399 e. The van der Waals surface area contributed by atoms with Crippen LogP contribution in [0.4, 0.5) is 5.69 Å². The first kappa shape index (κ1) is 12.0. The zero-order valence-corrected chi connectivity index (χ0v) is 8.46. The molecule has 0 radical (unpaired) electrons. The van der Waals surface area contributed by atoms with Gasteiger partial charge >= 0.3 is 0 Å². The van der Waals surface area contributed by atoms with Crippen LogP contribution in [-0.2, 0) is 6.42 Å². The number of hydrogen-bond donors (Lipinski definition) is 2. The molecule has 0 saturated carbocycles. The minimum absolute atomic E-state index is 0.254. The molecule has 1 aromatic rings. The lowest BCUT2D eigenvalue weighted by Crippen LogP contribution is -1.90. The maximum absolute atomic E-state index is 8.56. The Hall–Kier alpha value is -1.02. The van der Waals surface area contributed by atoms with Gasteiger partial charge in [-0.1, -0.05) is 26.0 Å². The molecule has 3 N–H and O–H groups in total. The minimum atomic E-state index is 0.254. The van der Waals surface area contributed by atoms with Crippen LogP contribution in [-0.4, -0.2) is 11.7 Å². The Balaban J connectivity index is 0.000000671. The van der Waals surface area contributed by atoms with E-state index in [1.54, 1.807) is 0 Å². The number of aliphatic hydroxyl groups is 1. The van der Waals surface area contributed by atoms with Crippen molar-refractivity contribution in [1.82, 2.24) is 0 Å². The summed E-state index contributed by atoms with van der Waals surface area (Å²) in [5.41, 5.74) is 7.53. The third kappa shape index (κ3) is 5.26. The number of nitrogen functional groups attached to an aromatic ring is 1. The third-order valence-corrected chi connectivity index (χ3v) is 1.60. The third-order valence-electron chi connectivity index (χ3n) is 1.60. The van der Waals surface area contributed by atoms with Crippen LogP contribution in [0.1, 0.15) is 25.8 Å². The number of hydrogen-bond acceptors (Lipinski definition) is 2. The van der Waals surface area contributed by atoms with Gasteiger partial charge in [-0.3, -0.25) is 0 Å². The fraction of sp³-hybridized carbons (Fsp3) is 0.455. The molecule has 1 rings (SSSR count). The summed E-state index contributed by atoms with van der Waals surface area (Å²) >= 11 is 0. The molecule has 0 aliphatic heterocycles. The van der Waals surface area contributed by atoms with Crippen molar-refractivity contribution < 1.29 is 5.11 Å². The van der Waals surface area contributed by atoms with E-state index in [2.05, 4.69) is 0 Å². The molecule has 0 unspecified atom stereocenters. The molecule has 2 nitrogen and oxygen atoms in total. The highest BCUT2D eigenvalue weighted by Gasteiger charge is 1.90. The molecule has 0 aliphatic carbocycles. The maximum atomic E-state index is 8.56. The van der Waals surface area contributed by atoms with E-state index in [0.29, 0.717) is 0 Å². The zero-order chi connectivity index (χ0) is 10.1. The van der Waals surface area contributed by atoms with Crippen LogP contribution in [0.2, 0.25) is 0 Å². The van der Waals surface area contributed by atoms with Gasteiger partial charge in [-0.15, -0.1) is 0 Å². The Morgan fingerprint density at radius 2 is 1.69 bits per heavy atom. The van der Waals surface area contributed by atoms with Gasteiger partial charge in [-0.2, -0.15) is 0 Å². The Morgan fingerprint density at radius 1 is 1.15 bits per heavy atom. The number of benzene rings is 1. The van der Waals surface area contributed by atoms with E-state index in [4.69, 9.17) is 10.8 Å². The standard InChI is InChI=1S/C9H13NO.C2H6/c10-9-5-3-8(4-6-9)2-1-7-11;1-2/h3-6,11H,1-2,7,10H2;1-2H3. The van der Waals surface area contributed by atoms with Crippen LogP contribution in [0.5, 0.6) is 0 Å². The zero-order valence-electron chi connectivity index (χ0n) is 8.46. The van der Waals surface area contributed by atoms with Gasteiger partial charge in [-0.25, -0.2) is 0 Å². The van der Waals surface area contributed by atoms with Crippen molar-refractivity contribution in [3.8, 4) is 0 Å². The Morgan fingerprint density at radius 3 is 2.15 bits per heavy atom. The molecular formula is C11H19NO. The molecule has 0 saturated heterocycles. The summed E-state index contributed by atoms with van der Waals surface area (Å²) in [7, 11) is 0. The number of aryl methyl sites for hydroxylation is 1.